The van der Waals surface area contributed by atoms with Crippen molar-refractivity contribution in [2.24, 2.45) is 5.14 Å². The summed E-state index contributed by atoms with van der Waals surface area (Å²) in [5, 5.41) is 9.10. The number of para-hydroxylation sites is 1. The minimum absolute atomic E-state index is 0.0430. The summed E-state index contributed by atoms with van der Waals surface area (Å²) in [6.45, 7) is 0. The van der Waals surface area contributed by atoms with Gasteiger partial charge in [-0.2, -0.15) is 0 Å². The highest BCUT2D eigenvalue weighted by Crippen LogP contribution is 2.29. The Balaban J connectivity index is 1.72. The minimum atomic E-state index is -3.73. The molecule has 1 heterocycles. The van der Waals surface area contributed by atoms with Crippen molar-refractivity contribution in [3.63, 3.8) is 0 Å². The third kappa shape index (κ3) is 3.64. The molecule has 0 atom stereocenters. The van der Waals surface area contributed by atoms with Crippen molar-refractivity contribution in [1.82, 2.24) is 9.97 Å². The summed E-state index contributed by atoms with van der Waals surface area (Å²) in [7, 11) is -3.73. The second kappa shape index (κ2) is 6.91. The number of hydrogen-bond acceptors (Lipinski definition) is 6. The molecule has 28 heavy (non-hydrogen) atoms. The van der Waals surface area contributed by atoms with Gasteiger partial charge in [-0.15, -0.1) is 0 Å². The molecule has 5 N–H and O–H groups in total. The van der Waals surface area contributed by atoms with Crippen LogP contribution < -0.4 is 16.2 Å². The maximum atomic E-state index is 11.4. The normalized spacial score (nSPS) is 11.5. The van der Waals surface area contributed by atoms with Crippen LogP contribution in [0.5, 0.6) is 0 Å². The van der Waals surface area contributed by atoms with Crippen LogP contribution in [0.15, 0.2) is 77.8 Å². The molecule has 4 rings (SSSR count). The van der Waals surface area contributed by atoms with Crippen molar-refractivity contribution < 1.29 is 8.42 Å². The Morgan fingerprint density at radius 2 is 1.68 bits per heavy atom. The number of aromatic nitrogens is 2. The number of rotatable bonds is 4. The van der Waals surface area contributed by atoms with Gasteiger partial charge < -0.3 is 11.1 Å². The zero-order chi connectivity index (χ0) is 19.7. The number of anilines is 3. The number of nitrogen functional groups attached to an aromatic ring is 1. The zero-order valence-electron chi connectivity index (χ0n) is 14.7. The molecule has 140 valence electrons. The number of nitrogens with one attached hydrogen (secondary N) is 1. The quantitative estimate of drug-likeness (QED) is 0.459. The first-order valence-corrected chi connectivity index (χ1v) is 9.96. The van der Waals surface area contributed by atoms with Gasteiger partial charge in [0.05, 0.1) is 10.4 Å². The SMILES string of the molecule is Nc1cccc(-c2cccc3cnc(Nc4ccc(S(N)(=O)=O)cc4)nc23)c1. The van der Waals surface area contributed by atoms with Gasteiger partial charge in [0.25, 0.3) is 0 Å². The monoisotopic (exact) mass is 391 g/mol. The summed E-state index contributed by atoms with van der Waals surface area (Å²) >= 11 is 0. The van der Waals surface area contributed by atoms with E-state index >= 15 is 0 Å². The highest BCUT2D eigenvalue weighted by atomic mass is 32.2. The van der Waals surface area contributed by atoms with Crippen molar-refractivity contribution in [2.45, 2.75) is 4.90 Å². The Labute approximate surface area is 162 Å². The van der Waals surface area contributed by atoms with Crippen LogP contribution >= 0.6 is 0 Å². The lowest BCUT2D eigenvalue weighted by atomic mass is 10.0. The summed E-state index contributed by atoms with van der Waals surface area (Å²) < 4.78 is 22.7. The van der Waals surface area contributed by atoms with Gasteiger partial charge in [-0.1, -0.05) is 30.3 Å². The molecule has 0 saturated carbocycles. The lowest BCUT2D eigenvalue weighted by molar-refractivity contribution is 0.598. The van der Waals surface area contributed by atoms with Gasteiger partial charge in [-0.25, -0.2) is 23.5 Å². The molecule has 3 aromatic carbocycles. The van der Waals surface area contributed by atoms with Crippen LogP contribution in [0.3, 0.4) is 0 Å². The van der Waals surface area contributed by atoms with Gasteiger partial charge in [-0.05, 0) is 42.0 Å². The molecule has 0 aliphatic heterocycles. The van der Waals surface area contributed by atoms with Gasteiger partial charge >= 0.3 is 0 Å². The minimum Gasteiger partial charge on any atom is -0.399 e. The van der Waals surface area contributed by atoms with E-state index in [1.54, 1.807) is 18.3 Å². The van der Waals surface area contributed by atoms with Crippen LogP contribution in [0.1, 0.15) is 0 Å². The molecule has 0 aliphatic rings. The van der Waals surface area contributed by atoms with E-state index in [0.29, 0.717) is 17.3 Å². The third-order valence-electron chi connectivity index (χ3n) is 4.25. The lowest BCUT2D eigenvalue weighted by Gasteiger charge is -2.10. The van der Waals surface area contributed by atoms with Crippen LogP contribution in [0.4, 0.5) is 17.3 Å². The summed E-state index contributed by atoms with van der Waals surface area (Å²) in [6, 6.07) is 19.6. The van der Waals surface area contributed by atoms with Gasteiger partial charge in [0.2, 0.25) is 16.0 Å². The molecule has 0 amide bonds. The first kappa shape index (κ1) is 17.9. The lowest BCUT2D eigenvalue weighted by Crippen LogP contribution is -2.11. The van der Waals surface area contributed by atoms with Gasteiger partial charge in [0.1, 0.15) is 0 Å². The van der Waals surface area contributed by atoms with Crippen molar-refractivity contribution in [3.8, 4) is 11.1 Å². The number of nitrogens with zero attached hydrogens (tertiary/aromatic N) is 2. The average molecular weight is 391 g/mol. The molecule has 7 nitrogen and oxygen atoms in total. The molecule has 0 aliphatic carbocycles. The standard InChI is InChI=1S/C20H17N5O2S/c21-15-5-1-3-13(11-15)18-6-2-4-14-12-23-20(25-19(14)18)24-16-7-9-17(10-8-16)28(22,26)27/h1-12H,21H2,(H2,22,26,27)(H,23,24,25). The maximum Gasteiger partial charge on any atom is 0.238 e. The first-order chi connectivity index (χ1) is 13.4. The molecule has 0 saturated heterocycles. The molecule has 4 aromatic rings. The van der Waals surface area contributed by atoms with Crippen molar-refractivity contribution in [1.29, 1.82) is 0 Å². The molecular weight excluding hydrogens is 374 g/mol. The summed E-state index contributed by atoms with van der Waals surface area (Å²) in [4.78, 5) is 9.02. The molecule has 0 radical (unpaired) electrons. The highest BCUT2D eigenvalue weighted by molar-refractivity contribution is 7.89. The fourth-order valence-corrected chi connectivity index (χ4v) is 3.43. The van der Waals surface area contributed by atoms with E-state index in [1.807, 2.05) is 42.5 Å². The van der Waals surface area contributed by atoms with Crippen LogP contribution in [0, 0.1) is 0 Å². The van der Waals surface area contributed by atoms with Gasteiger partial charge in [0, 0.05) is 28.5 Å². The van der Waals surface area contributed by atoms with Crippen LogP contribution in [-0.4, -0.2) is 18.4 Å². The average Bonchev–Trinajstić information content (AvgIpc) is 2.67. The van der Waals surface area contributed by atoms with Gasteiger partial charge in [-0.3, -0.25) is 0 Å². The topological polar surface area (TPSA) is 124 Å². The summed E-state index contributed by atoms with van der Waals surface area (Å²) in [5.41, 5.74) is 9.94. The Morgan fingerprint density at radius 1 is 0.929 bits per heavy atom. The molecule has 0 bridgehead atoms. The molecular formula is C20H17N5O2S. The summed E-state index contributed by atoms with van der Waals surface area (Å²) in [5.74, 6) is 0.396. The largest absolute Gasteiger partial charge is 0.399 e. The molecule has 0 unspecified atom stereocenters. The van der Waals surface area contributed by atoms with E-state index < -0.39 is 10.0 Å². The highest BCUT2D eigenvalue weighted by Gasteiger charge is 2.09. The maximum absolute atomic E-state index is 11.4. The van der Waals surface area contributed by atoms with Crippen LogP contribution in [-0.2, 0) is 10.0 Å². The molecule has 8 heteroatoms. The van der Waals surface area contributed by atoms with E-state index in [4.69, 9.17) is 10.9 Å². The third-order valence-corrected chi connectivity index (χ3v) is 5.18. The molecule has 0 spiro atoms. The molecule has 1 aromatic heterocycles. The predicted octanol–water partition coefficient (Wildman–Crippen LogP) is 3.27. The predicted molar refractivity (Wildman–Crippen MR) is 110 cm³/mol. The number of fused-ring (bicyclic) bond motifs is 1. The number of primary sulfonamides is 1. The van der Waals surface area contributed by atoms with E-state index in [0.717, 1.165) is 22.0 Å². The Bertz CT molecular complexity index is 1270. The second-order valence-corrected chi connectivity index (χ2v) is 7.82. The Kier molecular flexibility index (Phi) is 4.42. The van der Waals surface area contributed by atoms with Crippen molar-refractivity contribution in [2.75, 3.05) is 11.1 Å². The Morgan fingerprint density at radius 3 is 2.39 bits per heavy atom. The fraction of sp³-hybridized carbons (Fsp3) is 0. The first-order valence-electron chi connectivity index (χ1n) is 8.42. The summed E-state index contributed by atoms with van der Waals surface area (Å²) in [6.07, 6.45) is 1.74. The van der Waals surface area contributed by atoms with Crippen LogP contribution in [0.2, 0.25) is 0 Å². The van der Waals surface area contributed by atoms with E-state index in [1.165, 1.54) is 12.1 Å². The van der Waals surface area contributed by atoms with Crippen LogP contribution in [0.25, 0.3) is 22.0 Å². The van der Waals surface area contributed by atoms with Gasteiger partial charge in [0.15, 0.2) is 0 Å². The van der Waals surface area contributed by atoms with E-state index in [9.17, 15) is 8.42 Å². The Hall–Kier alpha value is -3.49. The molecule has 0 fully saturated rings. The smallest absolute Gasteiger partial charge is 0.238 e. The number of sulfonamides is 1. The fourth-order valence-electron chi connectivity index (χ4n) is 2.91. The van der Waals surface area contributed by atoms with Crippen molar-refractivity contribution in [3.05, 3.63) is 72.9 Å². The number of benzene rings is 3. The number of hydrogen-bond donors (Lipinski definition) is 3. The van der Waals surface area contributed by atoms with Crippen molar-refractivity contribution >= 4 is 38.2 Å². The van der Waals surface area contributed by atoms with E-state index in [2.05, 4.69) is 15.3 Å². The number of nitrogens with two attached hydrogens (primary N) is 2. The second-order valence-electron chi connectivity index (χ2n) is 6.26. The zero-order valence-corrected chi connectivity index (χ0v) is 15.5. The van der Waals surface area contributed by atoms with E-state index in [-0.39, 0.29) is 4.90 Å².